The Morgan fingerprint density at radius 2 is 1.59 bits per heavy atom. The zero-order valence-electron chi connectivity index (χ0n) is 22.2. The molecule has 0 saturated carbocycles. The Morgan fingerprint density at radius 3 is 2.14 bits per heavy atom. The van der Waals surface area contributed by atoms with Crippen molar-refractivity contribution in [2.24, 2.45) is 0 Å². The fraction of sp³-hybridized carbons (Fsp3) is 0.464. The average molecular weight is 512 g/mol. The highest BCUT2D eigenvalue weighted by atomic mass is 16.6. The molecule has 200 valence electrons. The SMILES string of the molecule is Cc1cc(C)cc(COc2ccc(C(=O)NC3(CC(=O)NO)CCN(C(=O)OC(C)(C)C)CC3)cc2)c1. The van der Waals surface area contributed by atoms with Gasteiger partial charge in [-0.05, 0) is 77.3 Å². The van der Waals surface area contributed by atoms with Crippen LogP contribution in [0.4, 0.5) is 4.79 Å². The number of carbonyl (C=O) groups excluding carboxylic acids is 3. The van der Waals surface area contributed by atoms with Crippen molar-refractivity contribution in [2.45, 2.75) is 71.6 Å². The minimum atomic E-state index is -0.916. The van der Waals surface area contributed by atoms with Gasteiger partial charge in [-0.15, -0.1) is 0 Å². The molecule has 1 aliphatic heterocycles. The number of nitrogens with one attached hydrogen (secondary N) is 2. The second kappa shape index (κ2) is 11.6. The minimum absolute atomic E-state index is 0.117. The predicted molar refractivity (Wildman–Crippen MR) is 138 cm³/mol. The summed E-state index contributed by atoms with van der Waals surface area (Å²) < 4.78 is 11.3. The third kappa shape index (κ3) is 8.21. The Bertz CT molecular complexity index is 1100. The molecule has 1 heterocycles. The van der Waals surface area contributed by atoms with E-state index in [-0.39, 0.29) is 12.3 Å². The number of nitrogens with zero attached hydrogens (tertiary/aromatic N) is 1. The molecule has 2 aromatic carbocycles. The van der Waals surface area contributed by atoms with Crippen molar-refractivity contribution in [3.63, 3.8) is 0 Å². The topological polar surface area (TPSA) is 117 Å². The highest BCUT2D eigenvalue weighted by Crippen LogP contribution is 2.28. The third-order valence-electron chi connectivity index (χ3n) is 6.18. The summed E-state index contributed by atoms with van der Waals surface area (Å²) in [6.07, 6.45) is 0.120. The molecule has 0 bridgehead atoms. The lowest BCUT2D eigenvalue weighted by Crippen LogP contribution is -2.58. The van der Waals surface area contributed by atoms with Crippen molar-refractivity contribution in [1.29, 1.82) is 0 Å². The molecule has 0 aromatic heterocycles. The molecule has 0 atom stereocenters. The summed E-state index contributed by atoms with van der Waals surface area (Å²) in [5.74, 6) is -0.325. The molecule has 2 aromatic rings. The van der Waals surface area contributed by atoms with E-state index in [1.165, 1.54) is 11.1 Å². The molecule has 9 nitrogen and oxygen atoms in total. The number of rotatable bonds is 7. The number of amides is 3. The smallest absolute Gasteiger partial charge is 0.410 e. The normalized spacial score (nSPS) is 15.0. The number of hydrogen-bond donors (Lipinski definition) is 3. The predicted octanol–water partition coefficient (Wildman–Crippen LogP) is 4.28. The number of hydrogen-bond acceptors (Lipinski definition) is 6. The number of likely N-dealkylation sites (tertiary alicyclic amines) is 1. The Kier molecular flexibility index (Phi) is 8.81. The van der Waals surface area contributed by atoms with Crippen LogP contribution in [0.1, 0.15) is 67.1 Å². The van der Waals surface area contributed by atoms with Crippen LogP contribution in [0, 0.1) is 13.8 Å². The molecule has 1 fully saturated rings. The summed E-state index contributed by atoms with van der Waals surface area (Å²) in [4.78, 5) is 39.2. The van der Waals surface area contributed by atoms with Crippen molar-refractivity contribution in [3.05, 3.63) is 64.7 Å². The van der Waals surface area contributed by atoms with Crippen LogP contribution in [-0.2, 0) is 16.1 Å². The number of carbonyl (C=O) groups is 3. The van der Waals surface area contributed by atoms with Gasteiger partial charge in [-0.25, -0.2) is 10.3 Å². The number of hydroxylamine groups is 1. The largest absolute Gasteiger partial charge is 0.489 e. The maximum atomic E-state index is 13.1. The Morgan fingerprint density at radius 1 is 1.00 bits per heavy atom. The van der Waals surface area contributed by atoms with Gasteiger partial charge in [0.2, 0.25) is 5.91 Å². The van der Waals surface area contributed by atoms with E-state index in [4.69, 9.17) is 14.7 Å². The van der Waals surface area contributed by atoms with Gasteiger partial charge >= 0.3 is 6.09 Å². The van der Waals surface area contributed by atoms with Gasteiger partial charge in [0.15, 0.2) is 0 Å². The fourth-order valence-corrected chi connectivity index (χ4v) is 4.47. The molecule has 1 aliphatic rings. The van der Waals surface area contributed by atoms with E-state index >= 15 is 0 Å². The molecule has 0 aliphatic carbocycles. The zero-order valence-corrected chi connectivity index (χ0v) is 22.2. The Hall–Kier alpha value is -3.59. The van der Waals surface area contributed by atoms with Crippen LogP contribution in [0.15, 0.2) is 42.5 Å². The molecule has 0 radical (unpaired) electrons. The van der Waals surface area contributed by atoms with Crippen LogP contribution in [0.2, 0.25) is 0 Å². The maximum Gasteiger partial charge on any atom is 0.410 e. The first-order chi connectivity index (χ1) is 17.4. The van der Waals surface area contributed by atoms with Crippen LogP contribution in [0.5, 0.6) is 5.75 Å². The van der Waals surface area contributed by atoms with Gasteiger partial charge in [0, 0.05) is 18.7 Å². The van der Waals surface area contributed by atoms with E-state index in [1.807, 2.05) is 13.8 Å². The second-order valence-corrected chi connectivity index (χ2v) is 10.7. The lowest BCUT2D eigenvalue weighted by molar-refractivity contribution is -0.131. The van der Waals surface area contributed by atoms with E-state index in [0.29, 0.717) is 43.9 Å². The van der Waals surface area contributed by atoms with E-state index in [0.717, 1.165) is 5.56 Å². The van der Waals surface area contributed by atoms with Crippen LogP contribution in [-0.4, -0.2) is 52.2 Å². The summed E-state index contributed by atoms with van der Waals surface area (Å²) >= 11 is 0. The minimum Gasteiger partial charge on any atom is -0.489 e. The molecule has 0 spiro atoms. The monoisotopic (exact) mass is 511 g/mol. The summed E-state index contributed by atoms with van der Waals surface area (Å²) in [6, 6.07) is 13.1. The zero-order chi connectivity index (χ0) is 27.2. The van der Waals surface area contributed by atoms with Gasteiger partial charge < -0.3 is 19.7 Å². The second-order valence-electron chi connectivity index (χ2n) is 10.7. The summed E-state index contributed by atoms with van der Waals surface area (Å²) in [6.45, 7) is 10.5. The number of piperidine rings is 1. The van der Waals surface area contributed by atoms with Gasteiger partial charge in [0.25, 0.3) is 5.91 Å². The number of benzene rings is 2. The van der Waals surface area contributed by atoms with E-state index in [1.54, 1.807) is 55.4 Å². The lowest BCUT2D eigenvalue weighted by Gasteiger charge is -2.42. The number of ether oxygens (including phenoxy) is 2. The Balaban J connectivity index is 1.64. The molecule has 9 heteroatoms. The van der Waals surface area contributed by atoms with E-state index < -0.39 is 23.1 Å². The summed E-state index contributed by atoms with van der Waals surface area (Å²) in [7, 11) is 0. The average Bonchev–Trinajstić information content (AvgIpc) is 2.81. The van der Waals surface area contributed by atoms with Crippen LogP contribution in [0.3, 0.4) is 0 Å². The third-order valence-corrected chi connectivity index (χ3v) is 6.18. The van der Waals surface area contributed by atoms with Gasteiger partial charge in [-0.2, -0.15) is 0 Å². The van der Waals surface area contributed by atoms with Crippen LogP contribution in [0.25, 0.3) is 0 Å². The highest BCUT2D eigenvalue weighted by molar-refractivity contribution is 5.95. The van der Waals surface area contributed by atoms with Crippen molar-refractivity contribution < 1.29 is 29.1 Å². The molecule has 0 unspecified atom stereocenters. The molecule has 3 N–H and O–H groups in total. The standard InChI is InChI=1S/C28H37N3O6/c1-19-14-20(2)16-21(15-19)18-36-23-8-6-22(7-9-23)25(33)29-28(17-24(32)30-35)10-12-31(13-11-28)26(34)37-27(3,4)5/h6-9,14-16,35H,10-13,17-18H2,1-5H3,(H,29,33)(H,30,32). The van der Waals surface area contributed by atoms with Crippen molar-refractivity contribution >= 4 is 17.9 Å². The van der Waals surface area contributed by atoms with E-state index in [2.05, 4.69) is 23.5 Å². The molecule has 3 rings (SSSR count). The maximum absolute atomic E-state index is 13.1. The quantitative estimate of drug-likeness (QED) is 0.377. The van der Waals surface area contributed by atoms with Gasteiger partial charge in [0.05, 0.1) is 12.0 Å². The Labute approximate surface area is 218 Å². The summed E-state index contributed by atoms with van der Waals surface area (Å²) in [5, 5.41) is 12.1. The molecule has 1 saturated heterocycles. The first-order valence-corrected chi connectivity index (χ1v) is 12.4. The molecular weight excluding hydrogens is 474 g/mol. The van der Waals surface area contributed by atoms with E-state index in [9.17, 15) is 14.4 Å². The van der Waals surface area contributed by atoms with Crippen LogP contribution < -0.4 is 15.5 Å². The van der Waals surface area contributed by atoms with Crippen molar-refractivity contribution in [1.82, 2.24) is 15.7 Å². The highest BCUT2D eigenvalue weighted by Gasteiger charge is 2.40. The molecule has 3 amide bonds. The first kappa shape index (κ1) is 28.0. The molecule has 37 heavy (non-hydrogen) atoms. The fourth-order valence-electron chi connectivity index (χ4n) is 4.47. The van der Waals surface area contributed by atoms with Crippen molar-refractivity contribution in [2.75, 3.05) is 13.1 Å². The van der Waals surface area contributed by atoms with Gasteiger partial charge in [-0.1, -0.05) is 29.3 Å². The van der Waals surface area contributed by atoms with Gasteiger partial charge in [-0.3, -0.25) is 14.8 Å². The number of aryl methyl sites for hydroxylation is 2. The summed E-state index contributed by atoms with van der Waals surface area (Å²) in [5.41, 5.74) is 3.94. The van der Waals surface area contributed by atoms with Gasteiger partial charge in [0.1, 0.15) is 18.0 Å². The van der Waals surface area contributed by atoms with Crippen molar-refractivity contribution in [3.8, 4) is 5.75 Å². The molecular formula is C28H37N3O6. The lowest BCUT2D eigenvalue weighted by atomic mass is 9.83. The first-order valence-electron chi connectivity index (χ1n) is 12.4. The van der Waals surface area contributed by atoms with Crippen LogP contribution >= 0.6 is 0 Å².